The van der Waals surface area contributed by atoms with E-state index in [-0.39, 0.29) is 6.04 Å². The Morgan fingerprint density at radius 1 is 1.07 bits per heavy atom. The van der Waals surface area contributed by atoms with Gasteiger partial charge in [0.05, 0.1) is 10.9 Å². The topological polar surface area (TPSA) is 73.8 Å². The fourth-order valence-corrected chi connectivity index (χ4v) is 4.18. The summed E-state index contributed by atoms with van der Waals surface area (Å²) in [5, 5.41) is 6.68. The predicted octanol–water partition coefficient (Wildman–Crippen LogP) is 2.67. The number of aliphatic imine (C=N–C) groups is 1. The lowest BCUT2D eigenvalue weighted by Gasteiger charge is -2.26. The van der Waals surface area contributed by atoms with Crippen LogP contribution >= 0.6 is 0 Å². The van der Waals surface area contributed by atoms with Crippen molar-refractivity contribution in [3.8, 4) is 0 Å². The van der Waals surface area contributed by atoms with Crippen molar-refractivity contribution in [2.75, 3.05) is 33.9 Å². The van der Waals surface area contributed by atoms with Crippen molar-refractivity contribution in [1.82, 2.24) is 15.5 Å². The molecule has 0 aliphatic carbocycles. The predicted molar refractivity (Wildman–Crippen MR) is 120 cm³/mol. The van der Waals surface area contributed by atoms with E-state index in [1.807, 2.05) is 19.1 Å². The first-order valence-corrected chi connectivity index (χ1v) is 11.5. The van der Waals surface area contributed by atoms with Gasteiger partial charge in [0.2, 0.25) is 0 Å². The van der Waals surface area contributed by atoms with E-state index in [0.29, 0.717) is 23.9 Å². The number of nitrogens with one attached hydrogen (secondary N) is 2. The fraction of sp³-hybridized carbons (Fsp3) is 0.409. The summed E-state index contributed by atoms with van der Waals surface area (Å²) >= 11 is 0. The lowest BCUT2D eigenvalue weighted by molar-refractivity contribution is 0.298. The van der Waals surface area contributed by atoms with E-state index in [1.165, 1.54) is 17.4 Å². The Balaban J connectivity index is 2.00. The average Bonchev–Trinajstić information content (AvgIpc) is 2.64. The van der Waals surface area contributed by atoms with Crippen LogP contribution in [0.5, 0.6) is 0 Å². The Morgan fingerprint density at radius 3 is 2.24 bits per heavy atom. The van der Waals surface area contributed by atoms with Gasteiger partial charge in [0.25, 0.3) is 0 Å². The van der Waals surface area contributed by atoms with Crippen molar-refractivity contribution in [3.05, 3.63) is 64.7 Å². The van der Waals surface area contributed by atoms with Gasteiger partial charge >= 0.3 is 0 Å². The molecule has 29 heavy (non-hydrogen) atoms. The maximum Gasteiger partial charge on any atom is 0.191 e. The molecular weight excluding hydrogens is 384 g/mol. The summed E-state index contributed by atoms with van der Waals surface area (Å²) in [4.78, 5) is 6.85. The Hall–Kier alpha value is -2.38. The van der Waals surface area contributed by atoms with Gasteiger partial charge in [0, 0.05) is 26.4 Å². The first-order valence-electron chi connectivity index (χ1n) is 9.59. The Labute approximate surface area is 175 Å². The Bertz CT molecular complexity index is 951. The normalized spacial score (nSPS) is 13.4. The number of hydrogen-bond donors (Lipinski definition) is 2. The lowest BCUT2D eigenvalue weighted by atomic mass is 10.0. The van der Waals surface area contributed by atoms with Crippen LogP contribution in [0, 0.1) is 13.8 Å². The molecule has 0 aliphatic heterocycles. The number of likely N-dealkylation sites (N-methyl/N-ethyl adjacent to an activating group) is 1. The molecule has 2 rings (SSSR count). The number of nitrogens with zero attached hydrogens (tertiary/aromatic N) is 2. The minimum absolute atomic E-state index is 0.213. The van der Waals surface area contributed by atoms with Crippen molar-refractivity contribution in [1.29, 1.82) is 0 Å². The minimum atomic E-state index is -3.20. The zero-order valence-corrected chi connectivity index (χ0v) is 19.0. The second kappa shape index (κ2) is 9.89. The zero-order chi connectivity index (χ0) is 21.6. The van der Waals surface area contributed by atoms with E-state index >= 15 is 0 Å². The maximum absolute atomic E-state index is 11.8. The van der Waals surface area contributed by atoms with Gasteiger partial charge in [-0.3, -0.25) is 4.99 Å². The second-order valence-electron chi connectivity index (χ2n) is 7.57. The standard InChI is InChI=1S/C22H32N4O2S/c1-16-7-10-19(11-8-16)20(26(4)5)15-25-22(23-3)24-14-18-9-12-21(17(2)13-18)29(6,27)28/h7-13,20H,14-15H2,1-6H3,(H2,23,24,25). The highest BCUT2D eigenvalue weighted by atomic mass is 32.2. The van der Waals surface area contributed by atoms with Gasteiger partial charge in [-0.2, -0.15) is 0 Å². The molecule has 2 aromatic rings. The second-order valence-corrected chi connectivity index (χ2v) is 9.55. The molecule has 0 amide bonds. The summed E-state index contributed by atoms with van der Waals surface area (Å²) in [6.45, 7) is 5.17. The molecule has 158 valence electrons. The smallest absolute Gasteiger partial charge is 0.191 e. The Kier molecular flexibility index (Phi) is 7.81. The first kappa shape index (κ1) is 22.9. The van der Waals surface area contributed by atoms with Crippen LogP contribution in [-0.4, -0.2) is 53.2 Å². The van der Waals surface area contributed by atoms with Crippen LogP contribution in [0.4, 0.5) is 0 Å². The molecule has 1 atom stereocenters. The molecule has 2 N–H and O–H groups in total. The summed E-state index contributed by atoms with van der Waals surface area (Å²) in [6, 6.07) is 14.2. The highest BCUT2D eigenvalue weighted by molar-refractivity contribution is 7.90. The highest BCUT2D eigenvalue weighted by Gasteiger charge is 2.15. The number of guanidine groups is 1. The third kappa shape index (κ3) is 6.58. The van der Waals surface area contributed by atoms with Crippen molar-refractivity contribution >= 4 is 15.8 Å². The van der Waals surface area contributed by atoms with Crippen molar-refractivity contribution < 1.29 is 8.42 Å². The molecule has 0 bridgehead atoms. The number of benzene rings is 2. The molecule has 6 nitrogen and oxygen atoms in total. The maximum atomic E-state index is 11.8. The van der Waals surface area contributed by atoms with Crippen LogP contribution in [0.25, 0.3) is 0 Å². The SMILES string of the molecule is CN=C(NCc1ccc(S(C)(=O)=O)c(C)c1)NCC(c1ccc(C)cc1)N(C)C. The van der Waals surface area contributed by atoms with Gasteiger partial charge < -0.3 is 15.5 Å². The highest BCUT2D eigenvalue weighted by Crippen LogP contribution is 2.18. The average molecular weight is 417 g/mol. The molecule has 0 radical (unpaired) electrons. The summed E-state index contributed by atoms with van der Waals surface area (Å²) in [5.41, 5.74) is 4.24. The molecule has 2 aromatic carbocycles. The van der Waals surface area contributed by atoms with Gasteiger partial charge in [-0.15, -0.1) is 0 Å². The van der Waals surface area contributed by atoms with Crippen molar-refractivity contribution in [2.24, 2.45) is 4.99 Å². The molecular formula is C22H32N4O2S. The zero-order valence-electron chi connectivity index (χ0n) is 18.2. The summed E-state index contributed by atoms with van der Waals surface area (Å²) < 4.78 is 23.5. The van der Waals surface area contributed by atoms with Gasteiger partial charge in [-0.25, -0.2) is 8.42 Å². The van der Waals surface area contributed by atoms with Gasteiger partial charge in [0.1, 0.15) is 0 Å². The summed E-state index contributed by atoms with van der Waals surface area (Å²) in [7, 11) is 2.67. The van der Waals surface area contributed by atoms with Crippen molar-refractivity contribution in [2.45, 2.75) is 31.3 Å². The van der Waals surface area contributed by atoms with Gasteiger partial charge in [0.15, 0.2) is 15.8 Å². The van der Waals surface area contributed by atoms with E-state index < -0.39 is 9.84 Å². The Morgan fingerprint density at radius 2 is 1.72 bits per heavy atom. The molecule has 1 unspecified atom stereocenters. The third-order valence-electron chi connectivity index (χ3n) is 4.87. The van der Waals surface area contributed by atoms with E-state index in [4.69, 9.17) is 0 Å². The van der Waals surface area contributed by atoms with E-state index in [9.17, 15) is 8.42 Å². The van der Waals surface area contributed by atoms with Crippen LogP contribution in [0.15, 0.2) is 52.4 Å². The number of aryl methyl sites for hydroxylation is 2. The number of rotatable bonds is 7. The van der Waals surface area contributed by atoms with Crippen LogP contribution in [0.1, 0.15) is 28.3 Å². The van der Waals surface area contributed by atoms with Gasteiger partial charge in [-0.05, 0) is 50.7 Å². The van der Waals surface area contributed by atoms with Crippen LogP contribution < -0.4 is 10.6 Å². The van der Waals surface area contributed by atoms with E-state index in [0.717, 1.165) is 11.1 Å². The van der Waals surface area contributed by atoms with Crippen LogP contribution in [0.3, 0.4) is 0 Å². The molecule has 0 fully saturated rings. The molecule has 0 aromatic heterocycles. The molecule has 7 heteroatoms. The molecule has 0 aliphatic rings. The molecule has 0 saturated heterocycles. The van der Waals surface area contributed by atoms with Crippen LogP contribution in [-0.2, 0) is 16.4 Å². The van der Waals surface area contributed by atoms with E-state index in [2.05, 4.69) is 65.8 Å². The monoisotopic (exact) mass is 416 g/mol. The molecule has 0 spiro atoms. The number of sulfone groups is 1. The van der Waals surface area contributed by atoms with E-state index in [1.54, 1.807) is 13.1 Å². The first-order chi connectivity index (χ1) is 13.6. The van der Waals surface area contributed by atoms with Gasteiger partial charge in [-0.1, -0.05) is 42.0 Å². The minimum Gasteiger partial charge on any atom is -0.354 e. The molecule has 0 heterocycles. The molecule has 0 saturated carbocycles. The summed E-state index contributed by atoms with van der Waals surface area (Å²) in [5.74, 6) is 0.703. The third-order valence-corrected chi connectivity index (χ3v) is 6.13. The summed E-state index contributed by atoms with van der Waals surface area (Å²) in [6.07, 6.45) is 1.23. The van der Waals surface area contributed by atoms with Crippen LogP contribution in [0.2, 0.25) is 0 Å². The quantitative estimate of drug-likeness (QED) is 0.536. The lowest BCUT2D eigenvalue weighted by Crippen LogP contribution is -2.41. The van der Waals surface area contributed by atoms with Crippen molar-refractivity contribution in [3.63, 3.8) is 0 Å². The largest absolute Gasteiger partial charge is 0.354 e. The number of hydrogen-bond acceptors (Lipinski definition) is 4. The fourth-order valence-electron chi connectivity index (χ4n) is 3.22.